The molecule has 0 saturated carbocycles. The van der Waals surface area contributed by atoms with E-state index in [0.717, 1.165) is 16.5 Å². The lowest BCUT2D eigenvalue weighted by Crippen LogP contribution is -2.05. The van der Waals surface area contributed by atoms with Gasteiger partial charge in [-0.1, -0.05) is 11.8 Å². The molecule has 0 aliphatic rings. The second-order valence-electron chi connectivity index (χ2n) is 4.90. The third kappa shape index (κ3) is 4.80. The van der Waals surface area contributed by atoms with Crippen LogP contribution in [0.15, 0.2) is 29.7 Å². The predicted octanol–water partition coefficient (Wildman–Crippen LogP) is 2.82. The molecular weight excluding hydrogens is 314 g/mol. The normalized spacial score (nSPS) is 10.7. The van der Waals surface area contributed by atoms with Crippen molar-refractivity contribution >= 4 is 17.5 Å². The molecule has 0 saturated heterocycles. The average molecular weight is 335 g/mol. The van der Waals surface area contributed by atoms with Gasteiger partial charge in [0, 0.05) is 30.5 Å². The van der Waals surface area contributed by atoms with Crippen molar-refractivity contribution in [1.29, 1.82) is 0 Å². The summed E-state index contributed by atoms with van der Waals surface area (Å²) in [4.78, 5) is 11.6. The van der Waals surface area contributed by atoms with Crippen LogP contribution in [0.2, 0.25) is 0 Å². The topological polar surface area (TPSA) is 66.2 Å². The molecule has 7 heteroatoms. The first-order valence-corrected chi connectivity index (χ1v) is 8.40. The molecule has 0 aliphatic carbocycles. The Kier molecular flexibility index (Phi) is 6.61. The minimum absolute atomic E-state index is 0.0440. The summed E-state index contributed by atoms with van der Waals surface area (Å²) >= 11 is 1.56. The molecule has 1 aromatic carbocycles. The summed E-state index contributed by atoms with van der Waals surface area (Å²) in [6.07, 6.45) is 1.69. The van der Waals surface area contributed by atoms with Gasteiger partial charge in [-0.3, -0.25) is 4.79 Å². The van der Waals surface area contributed by atoms with E-state index >= 15 is 0 Å². The van der Waals surface area contributed by atoms with Crippen LogP contribution < -0.4 is 4.74 Å². The fourth-order valence-electron chi connectivity index (χ4n) is 2.05. The highest BCUT2D eigenvalue weighted by molar-refractivity contribution is 7.98. The van der Waals surface area contributed by atoms with Crippen LogP contribution >= 0.6 is 11.8 Å². The quantitative estimate of drug-likeness (QED) is 0.518. The minimum Gasteiger partial charge on any atom is -0.494 e. The number of methoxy groups -OCH3 is 1. The first-order valence-electron chi connectivity index (χ1n) is 7.42. The van der Waals surface area contributed by atoms with E-state index in [1.807, 2.05) is 23.6 Å². The highest BCUT2D eigenvalue weighted by Crippen LogP contribution is 2.28. The number of carbonyl (C=O) groups is 1. The summed E-state index contributed by atoms with van der Waals surface area (Å²) in [7, 11) is 1.67. The molecule has 0 unspecified atom stereocenters. The number of thioether (sulfide) groups is 1. The number of aromatic nitrogens is 3. The molecule has 0 spiro atoms. The Morgan fingerprint density at radius 2 is 2.22 bits per heavy atom. The Morgan fingerprint density at radius 1 is 1.39 bits per heavy atom. The summed E-state index contributed by atoms with van der Waals surface area (Å²) in [6, 6.07) is 5.53. The fraction of sp³-hybridized carbons (Fsp3) is 0.438. The maximum Gasteiger partial charge on any atom is 0.191 e. The molecule has 2 aromatic rings. The Labute approximate surface area is 140 Å². The van der Waals surface area contributed by atoms with Crippen molar-refractivity contribution in [3.8, 4) is 5.75 Å². The molecule has 6 nitrogen and oxygen atoms in total. The summed E-state index contributed by atoms with van der Waals surface area (Å²) in [6.45, 7) is 5.40. The van der Waals surface area contributed by atoms with Crippen molar-refractivity contribution in [2.24, 2.45) is 0 Å². The molecule has 0 amide bonds. The molecular formula is C16H21N3O3S. The van der Waals surface area contributed by atoms with Gasteiger partial charge >= 0.3 is 0 Å². The second-order valence-corrected chi connectivity index (χ2v) is 5.84. The number of Topliss-reactive ketones (excluding diaryl/α,β-unsaturated/α-hetero) is 1. The lowest BCUT2D eigenvalue weighted by molar-refractivity contribution is 0.101. The van der Waals surface area contributed by atoms with Crippen molar-refractivity contribution < 1.29 is 14.3 Å². The molecule has 1 aromatic heterocycles. The monoisotopic (exact) mass is 335 g/mol. The zero-order valence-corrected chi connectivity index (χ0v) is 14.4. The highest BCUT2D eigenvalue weighted by atomic mass is 32.2. The van der Waals surface area contributed by atoms with Crippen molar-refractivity contribution in [2.45, 2.75) is 31.3 Å². The van der Waals surface area contributed by atoms with E-state index < -0.39 is 0 Å². The van der Waals surface area contributed by atoms with E-state index in [2.05, 4.69) is 10.2 Å². The van der Waals surface area contributed by atoms with Crippen LogP contribution in [0.25, 0.3) is 0 Å². The number of rotatable bonds is 9. The average Bonchev–Trinajstić information content (AvgIpc) is 2.99. The van der Waals surface area contributed by atoms with Crippen molar-refractivity contribution in [1.82, 2.24) is 14.8 Å². The van der Waals surface area contributed by atoms with Gasteiger partial charge in [-0.15, -0.1) is 10.2 Å². The number of ketones is 1. The number of benzene rings is 1. The number of ether oxygens (including phenoxy) is 2. The molecule has 23 heavy (non-hydrogen) atoms. The van der Waals surface area contributed by atoms with Gasteiger partial charge < -0.3 is 14.0 Å². The van der Waals surface area contributed by atoms with Gasteiger partial charge in [0.05, 0.1) is 13.2 Å². The van der Waals surface area contributed by atoms with Crippen LogP contribution in [0, 0.1) is 0 Å². The van der Waals surface area contributed by atoms with Crippen LogP contribution in [0.1, 0.15) is 29.8 Å². The Balaban J connectivity index is 2.13. The first kappa shape index (κ1) is 17.5. The van der Waals surface area contributed by atoms with Crippen molar-refractivity contribution in [2.75, 3.05) is 20.3 Å². The van der Waals surface area contributed by atoms with E-state index in [1.54, 1.807) is 38.2 Å². The van der Waals surface area contributed by atoms with Gasteiger partial charge in [-0.25, -0.2) is 0 Å². The van der Waals surface area contributed by atoms with Crippen LogP contribution in [0.3, 0.4) is 0 Å². The number of hydrogen-bond donors (Lipinski definition) is 0. The number of carbonyl (C=O) groups excluding carboxylic acids is 1. The molecule has 0 N–H and O–H groups in total. The van der Waals surface area contributed by atoms with Gasteiger partial charge in [0.2, 0.25) is 0 Å². The van der Waals surface area contributed by atoms with Gasteiger partial charge in [0.1, 0.15) is 12.1 Å². The summed E-state index contributed by atoms with van der Waals surface area (Å²) in [5.74, 6) is 1.50. The van der Waals surface area contributed by atoms with Crippen molar-refractivity contribution in [3.63, 3.8) is 0 Å². The first-order chi connectivity index (χ1) is 11.2. The van der Waals surface area contributed by atoms with E-state index in [-0.39, 0.29) is 5.78 Å². The summed E-state index contributed by atoms with van der Waals surface area (Å²) in [5, 5.41) is 8.89. The van der Waals surface area contributed by atoms with Crippen LogP contribution in [0.5, 0.6) is 5.75 Å². The van der Waals surface area contributed by atoms with Crippen molar-refractivity contribution in [3.05, 3.63) is 35.7 Å². The lowest BCUT2D eigenvalue weighted by Gasteiger charge is -2.11. The van der Waals surface area contributed by atoms with Crippen LogP contribution in [-0.4, -0.2) is 40.9 Å². The van der Waals surface area contributed by atoms with Crippen LogP contribution in [0.4, 0.5) is 0 Å². The molecule has 0 aliphatic heterocycles. The van der Waals surface area contributed by atoms with Gasteiger partial charge in [0.25, 0.3) is 0 Å². The Morgan fingerprint density at radius 3 is 2.91 bits per heavy atom. The molecule has 0 fully saturated rings. The van der Waals surface area contributed by atoms with E-state index in [1.165, 1.54) is 0 Å². The van der Waals surface area contributed by atoms with Gasteiger partial charge in [0.15, 0.2) is 10.9 Å². The van der Waals surface area contributed by atoms with E-state index in [9.17, 15) is 4.79 Å². The smallest absolute Gasteiger partial charge is 0.191 e. The van der Waals surface area contributed by atoms with Gasteiger partial charge in [-0.05, 0) is 32.0 Å². The van der Waals surface area contributed by atoms with Gasteiger partial charge in [-0.2, -0.15) is 0 Å². The molecule has 2 rings (SSSR count). The fourth-order valence-corrected chi connectivity index (χ4v) is 2.97. The second kappa shape index (κ2) is 8.69. The largest absolute Gasteiger partial charge is 0.494 e. The van der Waals surface area contributed by atoms with Crippen LogP contribution in [-0.2, 0) is 17.0 Å². The Hall–Kier alpha value is -1.86. The zero-order chi connectivity index (χ0) is 16.7. The third-order valence-electron chi connectivity index (χ3n) is 3.24. The van der Waals surface area contributed by atoms with E-state index in [4.69, 9.17) is 9.47 Å². The standard InChI is InChI=1S/C16H21N3O3S/c1-4-22-15-6-5-13(12(2)20)9-14(15)10-23-16-18-17-11-19(16)7-8-21-3/h5-6,9,11H,4,7-8,10H2,1-3H3. The number of hydrogen-bond acceptors (Lipinski definition) is 6. The molecule has 1 heterocycles. The predicted molar refractivity (Wildman–Crippen MR) is 89.1 cm³/mol. The maximum absolute atomic E-state index is 11.6. The maximum atomic E-state index is 11.6. The lowest BCUT2D eigenvalue weighted by atomic mass is 10.1. The molecule has 0 atom stereocenters. The molecule has 0 radical (unpaired) electrons. The Bertz CT molecular complexity index is 658. The minimum atomic E-state index is 0.0440. The summed E-state index contributed by atoms with van der Waals surface area (Å²) in [5.41, 5.74) is 1.66. The summed E-state index contributed by atoms with van der Waals surface area (Å²) < 4.78 is 12.7. The third-order valence-corrected chi connectivity index (χ3v) is 4.27. The SMILES string of the molecule is CCOc1ccc(C(C)=O)cc1CSc1nncn1CCOC. The molecule has 124 valence electrons. The molecule has 0 bridgehead atoms. The highest BCUT2D eigenvalue weighted by Gasteiger charge is 2.11. The van der Waals surface area contributed by atoms with E-state index in [0.29, 0.717) is 31.1 Å². The zero-order valence-electron chi connectivity index (χ0n) is 13.6. The number of nitrogens with zero attached hydrogens (tertiary/aromatic N) is 3.